The zero-order valence-corrected chi connectivity index (χ0v) is 16.1. The number of hydrogen-bond donors (Lipinski definition) is 1. The lowest BCUT2D eigenvalue weighted by atomic mass is 9.96. The van der Waals surface area contributed by atoms with Crippen LogP contribution in [0.2, 0.25) is 0 Å². The van der Waals surface area contributed by atoms with Crippen molar-refractivity contribution in [1.29, 1.82) is 0 Å². The quantitative estimate of drug-likeness (QED) is 0.845. The molecule has 0 spiro atoms. The van der Waals surface area contributed by atoms with Gasteiger partial charge in [0, 0.05) is 51.0 Å². The lowest BCUT2D eigenvalue weighted by Crippen LogP contribution is -2.42. The van der Waals surface area contributed by atoms with Crippen molar-refractivity contribution < 1.29 is 14.4 Å². The predicted molar refractivity (Wildman–Crippen MR) is 101 cm³/mol. The maximum atomic E-state index is 12.4. The molecule has 2 aliphatic rings. The highest BCUT2D eigenvalue weighted by atomic mass is 16.2. The Balaban J connectivity index is 1.42. The van der Waals surface area contributed by atoms with Gasteiger partial charge in [-0.15, -0.1) is 0 Å². The van der Waals surface area contributed by atoms with Crippen LogP contribution in [0.5, 0.6) is 0 Å². The van der Waals surface area contributed by atoms with Crippen molar-refractivity contribution in [2.75, 3.05) is 26.2 Å². The highest BCUT2D eigenvalue weighted by Crippen LogP contribution is 2.21. The monoisotopic (exact) mass is 372 g/mol. The number of carbonyl (C=O) groups is 3. The van der Waals surface area contributed by atoms with Gasteiger partial charge in [0.25, 0.3) is 5.91 Å². The number of likely N-dealkylation sites (tertiary alicyclic amines) is 2. The highest BCUT2D eigenvalue weighted by Gasteiger charge is 2.35. The number of rotatable bonds is 5. The molecule has 0 saturated carbocycles. The summed E-state index contributed by atoms with van der Waals surface area (Å²) in [6, 6.07) is 3.69. The van der Waals surface area contributed by atoms with Gasteiger partial charge in [-0.25, -0.2) is 0 Å². The van der Waals surface area contributed by atoms with Crippen LogP contribution in [0.3, 0.4) is 0 Å². The third kappa shape index (κ3) is 4.64. The van der Waals surface area contributed by atoms with Crippen molar-refractivity contribution in [3.63, 3.8) is 0 Å². The van der Waals surface area contributed by atoms with Gasteiger partial charge in [0.1, 0.15) is 0 Å². The zero-order chi connectivity index (χ0) is 19.4. The second-order valence-corrected chi connectivity index (χ2v) is 7.76. The van der Waals surface area contributed by atoms with E-state index >= 15 is 0 Å². The maximum Gasteiger partial charge on any atom is 0.255 e. The topological polar surface area (TPSA) is 82.6 Å². The molecular weight excluding hydrogens is 344 g/mol. The van der Waals surface area contributed by atoms with Crippen LogP contribution in [0, 0.1) is 11.8 Å². The molecule has 0 bridgehead atoms. The van der Waals surface area contributed by atoms with Crippen LogP contribution in [0.1, 0.15) is 43.5 Å². The van der Waals surface area contributed by atoms with Crippen molar-refractivity contribution in [3.8, 4) is 0 Å². The molecule has 27 heavy (non-hydrogen) atoms. The van der Waals surface area contributed by atoms with Gasteiger partial charge in [-0.1, -0.05) is 0 Å². The van der Waals surface area contributed by atoms with Gasteiger partial charge >= 0.3 is 0 Å². The second-order valence-electron chi connectivity index (χ2n) is 7.76. The average molecular weight is 372 g/mol. The molecule has 0 radical (unpaired) electrons. The lowest BCUT2D eigenvalue weighted by Gasteiger charge is -2.32. The zero-order valence-electron chi connectivity index (χ0n) is 16.1. The summed E-state index contributed by atoms with van der Waals surface area (Å²) in [5, 5.41) is 3.02. The van der Waals surface area contributed by atoms with Crippen LogP contribution in [-0.2, 0) is 9.59 Å². The van der Waals surface area contributed by atoms with Crippen LogP contribution in [0.15, 0.2) is 24.5 Å². The minimum absolute atomic E-state index is 0.0174. The van der Waals surface area contributed by atoms with Crippen LogP contribution in [-0.4, -0.2) is 64.7 Å². The summed E-state index contributed by atoms with van der Waals surface area (Å²) in [5.74, 6) is 0.175. The normalized spacial score (nSPS) is 21.0. The summed E-state index contributed by atoms with van der Waals surface area (Å²) in [4.78, 5) is 44.4. The van der Waals surface area contributed by atoms with Crippen molar-refractivity contribution in [3.05, 3.63) is 30.1 Å². The third-order valence-corrected chi connectivity index (χ3v) is 5.53. The molecule has 7 nitrogen and oxygen atoms in total. The first kappa shape index (κ1) is 19.3. The number of pyridine rings is 1. The molecule has 1 unspecified atom stereocenters. The smallest absolute Gasteiger partial charge is 0.255 e. The standard InChI is InChI=1S/C20H28N4O3/c1-14(2)24-13-17(10-18(24)25)19(26)22-11-15-5-8-23(9-6-15)20(27)16-4-3-7-21-12-16/h3-4,7,12,14-15,17H,5-6,8-11,13H2,1-2H3,(H,22,26). The number of amides is 3. The fourth-order valence-electron chi connectivity index (χ4n) is 3.81. The fourth-order valence-corrected chi connectivity index (χ4v) is 3.81. The van der Waals surface area contributed by atoms with E-state index in [1.165, 1.54) is 0 Å². The summed E-state index contributed by atoms with van der Waals surface area (Å²) in [5.41, 5.74) is 0.616. The Hall–Kier alpha value is -2.44. The Morgan fingerprint density at radius 2 is 2.04 bits per heavy atom. The van der Waals surface area contributed by atoms with E-state index in [-0.39, 0.29) is 29.7 Å². The van der Waals surface area contributed by atoms with E-state index in [1.807, 2.05) is 18.7 Å². The van der Waals surface area contributed by atoms with Crippen molar-refractivity contribution >= 4 is 17.7 Å². The average Bonchev–Trinajstić information content (AvgIpc) is 3.09. The number of hydrogen-bond acceptors (Lipinski definition) is 4. The second kappa shape index (κ2) is 8.50. The lowest BCUT2D eigenvalue weighted by molar-refractivity contribution is -0.130. The summed E-state index contributed by atoms with van der Waals surface area (Å²) >= 11 is 0. The van der Waals surface area contributed by atoms with Gasteiger partial charge in [-0.05, 0) is 44.7 Å². The minimum atomic E-state index is -0.243. The Labute approximate surface area is 160 Å². The molecule has 7 heteroatoms. The van der Waals surface area contributed by atoms with E-state index in [4.69, 9.17) is 0 Å². The summed E-state index contributed by atoms with van der Waals surface area (Å²) in [6.45, 7) is 6.45. The molecule has 1 aromatic heterocycles. The van der Waals surface area contributed by atoms with Crippen LogP contribution < -0.4 is 5.32 Å². The summed E-state index contributed by atoms with van der Waals surface area (Å²) < 4.78 is 0. The van der Waals surface area contributed by atoms with E-state index in [1.54, 1.807) is 29.4 Å². The van der Waals surface area contributed by atoms with Gasteiger partial charge in [0.2, 0.25) is 11.8 Å². The Morgan fingerprint density at radius 1 is 1.30 bits per heavy atom. The number of nitrogens with zero attached hydrogens (tertiary/aromatic N) is 3. The molecule has 0 aliphatic carbocycles. The van der Waals surface area contributed by atoms with Crippen LogP contribution in [0.25, 0.3) is 0 Å². The Kier molecular flexibility index (Phi) is 6.08. The fraction of sp³-hybridized carbons (Fsp3) is 0.600. The summed E-state index contributed by atoms with van der Waals surface area (Å²) in [6.07, 6.45) is 5.30. The number of aromatic nitrogens is 1. The first-order chi connectivity index (χ1) is 13.0. The highest BCUT2D eigenvalue weighted by molar-refractivity contribution is 5.94. The Morgan fingerprint density at radius 3 is 2.63 bits per heavy atom. The van der Waals surface area contributed by atoms with Gasteiger partial charge in [0.15, 0.2) is 0 Å². The molecule has 1 aromatic rings. The van der Waals surface area contributed by atoms with Crippen molar-refractivity contribution in [1.82, 2.24) is 20.1 Å². The van der Waals surface area contributed by atoms with Crippen LogP contribution in [0.4, 0.5) is 0 Å². The predicted octanol–water partition coefficient (Wildman–Crippen LogP) is 1.31. The molecular formula is C20H28N4O3. The molecule has 3 amide bonds. The number of piperidine rings is 1. The molecule has 0 aromatic carbocycles. The van der Waals surface area contributed by atoms with E-state index in [0.29, 0.717) is 44.1 Å². The van der Waals surface area contributed by atoms with E-state index < -0.39 is 0 Å². The molecule has 3 heterocycles. The molecule has 2 aliphatic heterocycles. The first-order valence-corrected chi connectivity index (χ1v) is 9.72. The SMILES string of the molecule is CC(C)N1CC(C(=O)NCC2CCN(C(=O)c3cccnc3)CC2)CC1=O. The van der Waals surface area contributed by atoms with Gasteiger partial charge in [-0.3, -0.25) is 19.4 Å². The van der Waals surface area contributed by atoms with Crippen LogP contribution >= 0.6 is 0 Å². The molecule has 146 valence electrons. The van der Waals surface area contributed by atoms with E-state index in [9.17, 15) is 14.4 Å². The maximum absolute atomic E-state index is 12.4. The molecule has 2 saturated heterocycles. The largest absolute Gasteiger partial charge is 0.356 e. The summed E-state index contributed by atoms with van der Waals surface area (Å²) in [7, 11) is 0. The Bertz CT molecular complexity index is 684. The van der Waals surface area contributed by atoms with E-state index in [2.05, 4.69) is 10.3 Å². The van der Waals surface area contributed by atoms with Gasteiger partial charge in [0.05, 0.1) is 11.5 Å². The number of nitrogens with one attached hydrogen (secondary N) is 1. The molecule has 3 rings (SSSR count). The van der Waals surface area contributed by atoms with Crippen molar-refractivity contribution in [2.24, 2.45) is 11.8 Å². The number of carbonyl (C=O) groups excluding carboxylic acids is 3. The molecule has 2 fully saturated rings. The van der Waals surface area contributed by atoms with Gasteiger partial charge in [-0.2, -0.15) is 0 Å². The third-order valence-electron chi connectivity index (χ3n) is 5.53. The van der Waals surface area contributed by atoms with E-state index in [0.717, 1.165) is 12.8 Å². The van der Waals surface area contributed by atoms with Gasteiger partial charge < -0.3 is 15.1 Å². The molecule has 1 N–H and O–H groups in total. The minimum Gasteiger partial charge on any atom is -0.356 e. The molecule has 1 atom stereocenters. The first-order valence-electron chi connectivity index (χ1n) is 9.72. The van der Waals surface area contributed by atoms with Crippen molar-refractivity contribution in [2.45, 2.75) is 39.2 Å².